The second kappa shape index (κ2) is 6.72. The predicted molar refractivity (Wildman–Crippen MR) is 69.6 cm³/mol. The van der Waals surface area contributed by atoms with Crippen LogP contribution in [0.25, 0.3) is 0 Å². The smallest absolute Gasteiger partial charge is 0.252 e. The molecule has 0 saturated carbocycles. The predicted octanol–water partition coefficient (Wildman–Crippen LogP) is 1.53. The number of hydrogen-bond acceptors (Lipinski definition) is 2. The minimum atomic E-state index is -0.0822. The van der Waals surface area contributed by atoms with E-state index in [9.17, 15) is 4.79 Å². The van der Waals surface area contributed by atoms with E-state index in [0.717, 1.165) is 12.0 Å². The van der Waals surface area contributed by atoms with Crippen LogP contribution < -0.4 is 11.1 Å². The summed E-state index contributed by atoms with van der Waals surface area (Å²) in [5, 5.41) is 2.92. The molecule has 0 fully saturated rings. The molecule has 17 heavy (non-hydrogen) atoms. The van der Waals surface area contributed by atoms with E-state index in [1.165, 1.54) is 0 Å². The minimum absolute atomic E-state index is 0.0822. The molecule has 0 aliphatic heterocycles. The Labute approximate surface area is 102 Å². The van der Waals surface area contributed by atoms with Gasteiger partial charge in [-0.2, -0.15) is 0 Å². The number of carbonyl (C=O) groups is 1. The molecule has 90 valence electrons. The van der Waals surface area contributed by atoms with Gasteiger partial charge in [0.15, 0.2) is 0 Å². The first kappa shape index (κ1) is 13.3. The van der Waals surface area contributed by atoms with Gasteiger partial charge in [0.25, 0.3) is 5.91 Å². The summed E-state index contributed by atoms with van der Waals surface area (Å²) in [6.45, 7) is 4.30. The summed E-state index contributed by atoms with van der Waals surface area (Å²) in [5.41, 5.74) is 6.66. The second-order valence-electron chi connectivity index (χ2n) is 3.83. The highest BCUT2D eigenvalue weighted by Crippen LogP contribution is 2.07. The lowest BCUT2D eigenvalue weighted by molar-refractivity contribution is 0.0939. The lowest BCUT2D eigenvalue weighted by Gasteiger charge is -2.12. The Morgan fingerprint density at radius 2 is 2.18 bits per heavy atom. The van der Waals surface area contributed by atoms with E-state index in [2.05, 4.69) is 17.2 Å². The van der Waals surface area contributed by atoms with E-state index in [-0.39, 0.29) is 11.9 Å². The van der Waals surface area contributed by atoms with Crippen LogP contribution in [-0.2, 0) is 0 Å². The zero-order valence-electron chi connectivity index (χ0n) is 10.3. The third-order valence-corrected chi connectivity index (χ3v) is 2.49. The van der Waals surface area contributed by atoms with Crippen molar-refractivity contribution in [3.05, 3.63) is 35.4 Å². The quantitative estimate of drug-likeness (QED) is 0.774. The molecule has 0 heterocycles. The number of rotatable bonds is 3. The van der Waals surface area contributed by atoms with Gasteiger partial charge < -0.3 is 11.1 Å². The molecule has 1 unspecified atom stereocenters. The normalized spacial score (nSPS) is 11.2. The van der Waals surface area contributed by atoms with Crippen LogP contribution in [0.15, 0.2) is 24.3 Å². The standard InChI is InChI=1S/C14H18N2O/c1-3-11(2)16-14(17)13-9-5-4-7-12(13)8-6-10-15/h4-5,7,9,11H,3,10,15H2,1-2H3,(H,16,17). The Balaban J connectivity index is 2.93. The van der Waals surface area contributed by atoms with Crippen molar-refractivity contribution in [3.63, 3.8) is 0 Å². The molecule has 0 spiro atoms. The monoisotopic (exact) mass is 230 g/mol. The summed E-state index contributed by atoms with van der Waals surface area (Å²) in [4.78, 5) is 12.0. The highest BCUT2D eigenvalue weighted by molar-refractivity contribution is 5.96. The van der Waals surface area contributed by atoms with Gasteiger partial charge in [-0.3, -0.25) is 4.79 Å². The van der Waals surface area contributed by atoms with Gasteiger partial charge >= 0.3 is 0 Å². The molecular formula is C14H18N2O. The molecule has 1 aromatic carbocycles. The molecule has 1 aromatic rings. The van der Waals surface area contributed by atoms with Crippen molar-refractivity contribution in [2.24, 2.45) is 5.73 Å². The van der Waals surface area contributed by atoms with E-state index in [4.69, 9.17) is 5.73 Å². The van der Waals surface area contributed by atoms with Crippen molar-refractivity contribution in [2.45, 2.75) is 26.3 Å². The van der Waals surface area contributed by atoms with Crippen molar-refractivity contribution >= 4 is 5.91 Å². The van der Waals surface area contributed by atoms with Gasteiger partial charge in [0.2, 0.25) is 0 Å². The van der Waals surface area contributed by atoms with Crippen molar-refractivity contribution < 1.29 is 4.79 Å². The minimum Gasteiger partial charge on any atom is -0.350 e. The highest BCUT2D eigenvalue weighted by atomic mass is 16.1. The highest BCUT2D eigenvalue weighted by Gasteiger charge is 2.11. The maximum absolute atomic E-state index is 12.0. The van der Waals surface area contributed by atoms with E-state index >= 15 is 0 Å². The maximum Gasteiger partial charge on any atom is 0.252 e. The number of amides is 1. The van der Waals surface area contributed by atoms with Crippen LogP contribution in [-0.4, -0.2) is 18.5 Å². The summed E-state index contributed by atoms with van der Waals surface area (Å²) >= 11 is 0. The lowest BCUT2D eigenvalue weighted by atomic mass is 10.1. The SMILES string of the molecule is CCC(C)NC(=O)c1ccccc1C#CCN. The topological polar surface area (TPSA) is 55.1 Å². The number of nitrogens with two attached hydrogens (primary N) is 1. The first-order valence-corrected chi connectivity index (χ1v) is 5.77. The Morgan fingerprint density at radius 3 is 2.82 bits per heavy atom. The maximum atomic E-state index is 12.0. The van der Waals surface area contributed by atoms with E-state index in [1.807, 2.05) is 32.0 Å². The molecule has 0 aromatic heterocycles. The van der Waals surface area contributed by atoms with Crippen LogP contribution >= 0.6 is 0 Å². The summed E-state index contributed by atoms with van der Waals surface area (Å²) in [6, 6.07) is 7.46. The van der Waals surface area contributed by atoms with Crippen molar-refractivity contribution in [1.29, 1.82) is 0 Å². The van der Waals surface area contributed by atoms with Gasteiger partial charge in [0, 0.05) is 11.6 Å². The second-order valence-corrected chi connectivity index (χ2v) is 3.83. The first-order chi connectivity index (χ1) is 8.19. The summed E-state index contributed by atoms with van der Waals surface area (Å²) in [5.74, 6) is 5.59. The molecule has 1 amide bonds. The van der Waals surface area contributed by atoms with Crippen LogP contribution in [0, 0.1) is 11.8 Å². The van der Waals surface area contributed by atoms with Gasteiger partial charge in [-0.25, -0.2) is 0 Å². The lowest BCUT2D eigenvalue weighted by Crippen LogP contribution is -2.32. The first-order valence-electron chi connectivity index (χ1n) is 5.77. The Bertz CT molecular complexity index is 443. The Hall–Kier alpha value is -1.79. The van der Waals surface area contributed by atoms with Gasteiger partial charge in [0.1, 0.15) is 0 Å². The Kier molecular flexibility index (Phi) is 5.25. The van der Waals surface area contributed by atoms with Crippen molar-refractivity contribution in [2.75, 3.05) is 6.54 Å². The third kappa shape index (κ3) is 3.93. The molecule has 1 atom stereocenters. The molecular weight excluding hydrogens is 212 g/mol. The fraction of sp³-hybridized carbons (Fsp3) is 0.357. The number of nitrogens with one attached hydrogen (secondary N) is 1. The molecule has 3 heteroatoms. The van der Waals surface area contributed by atoms with E-state index in [0.29, 0.717) is 12.1 Å². The van der Waals surface area contributed by atoms with Gasteiger partial charge in [-0.05, 0) is 25.5 Å². The van der Waals surface area contributed by atoms with Crippen LogP contribution in [0.1, 0.15) is 36.2 Å². The Morgan fingerprint density at radius 1 is 1.47 bits per heavy atom. The molecule has 0 bridgehead atoms. The van der Waals surface area contributed by atoms with Crippen LogP contribution in [0.5, 0.6) is 0 Å². The zero-order chi connectivity index (χ0) is 12.7. The average molecular weight is 230 g/mol. The fourth-order valence-electron chi connectivity index (χ4n) is 1.34. The van der Waals surface area contributed by atoms with Crippen LogP contribution in [0.2, 0.25) is 0 Å². The van der Waals surface area contributed by atoms with Crippen LogP contribution in [0.4, 0.5) is 0 Å². The van der Waals surface area contributed by atoms with Gasteiger partial charge in [-0.15, -0.1) is 0 Å². The summed E-state index contributed by atoms with van der Waals surface area (Å²) in [7, 11) is 0. The molecule has 1 rings (SSSR count). The van der Waals surface area contributed by atoms with Crippen LogP contribution in [0.3, 0.4) is 0 Å². The number of carbonyl (C=O) groups excluding carboxylic acids is 1. The summed E-state index contributed by atoms with van der Waals surface area (Å²) in [6.07, 6.45) is 0.905. The van der Waals surface area contributed by atoms with Crippen molar-refractivity contribution in [1.82, 2.24) is 5.32 Å². The molecule has 0 aliphatic rings. The summed E-state index contributed by atoms with van der Waals surface area (Å²) < 4.78 is 0. The number of benzene rings is 1. The largest absolute Gasteiger partial charge is 0.350 e. The molecule has 3 N–H and O–H groups in total. The molecule has 0 radical (unpaired) electrons. The molecule has 3 nitrogen and oxygen atoms in total. The average Bonchev–Trinajstić information content (AvgIpc) is 2.36. The number of hydrogen-bond donors (Lipinski definition) is 2. The van der Waals surface area contributed by atoms with Gasteiger partial charge in [-0.1, -0.05) is 30.9 Å². The third-order valence-electron chi connectivity index (χ3n) is 2.49. The molecule has 0 aliphatic carbocycles. The van der Waals surface area contributed by atoms with Crippen molar-refractivity contribution in [3.8, 4) is 11.8 Å². The zero-order valence-corrected chi connectivity index (χ0v) is 10.3. The molecule has 0 saturated heterocycles. The van der Waals surface area contributed by atoms with E-state index < -0.39 is 0 Å². The van der Waals surface area contributed by atoms with E-state index in [1.54, 1.807) is 6.07 Å². The van der Waals surface area contributed by atoms with Gasteiger partial charge in [0.05, 0.1) is 12.1 Å². The fourth-order valence-corrected chi connectivity index (χ4v) is 1.34.